The van der Waals surface area contributed by atoms with Crippen molar-refractivity contribution in [1.82, 2.24) is 9.88 Å². The molecule has 0 unspecified atom stereocenters. The summed E-state index contributed by atoms with van der Waals surface area (Å²) in [4.78, 5) is 17.7. The fourth-order valence-corrected chi connectivity index (χ4v) is 1.89. The van der Waals surface area contributed by atoms with Crippen LogP contribution in [0.2, 0.25) is 0 Å². The first-order chi connectivity index (χ1) is 8.02. The second kappa shape index (κ2) is 4.05. The minimum absolute atomic E-state index is 0.111. The van der Waals surface area contributed by atoms with Crippen LogP contribution < -0.4 is 5.73 Å². The third-order valence-electron chi connectivity index (χ3n) is 2.74. The van der Waals surface area contributed by atoms with E-state index in [4.69, 9.17) is 5.73 Å². The molecular weight excluding hydrogens is 214 g/mol. The number of hydrogen-bond acceptors (Lipinski definition) is 3. The SMILES string of the molecule is Cc1cnc(C(=O)N(C)C)c2cccc(N)c12. The molecule has 4 heteroatoms. The Morgan fingerprint density at radius 3 is 2.71 bits per heavy atom. The van der Waals surface area contributed by atoms with Crippen LogP contribution in [0.4, 0.5) is 5.69 Å². The maximum atomic E-state index is 12.0. The molecule has 88 valence electrons. The second-order valence-corrected chi connectivity index (χ2v) is 4.26. The summed E-state index contributed by atoms with van der Waals surface area (Å²) in [5, 5.41) is 1.72. The van der Waals surface area contributed by atoms with Crippen molar-refractivity contribution in [2.24, 2.45) is 0 Å². The van der Waals surface area contributed by atoms with E-state index in [-0.39, 0.29) is 5.91 Å². The van der Waals surface area contributed by atoms with E-state index in [2.05, 4.69) is 4.98 Å². The molecule has 0 aliphatic carbocycles. The molecule has 0 atom stereocenters. The Morgan fingerprint density at radius 1 is 1.35 bits per heavy atom. The number of aryl methyl sites for hydroxylation is 1. The summed E-state index contributed by atoms with van der Waals surface area (Å²) < 4.78 is 0. The fourth-order valence-electron chi connectivity index (χ4n) is 1.89. The van der Waals surface area contributed by atoms with Crippen molar-refractivity contribution < 1.29 is 4.79 Å². The van der Waals surface area contributed by atoms with Crippen molar-refractivity contribution in [1.29, 1.82) is 0 Å². The molecule has 1 aromatic carbocycles. The number of nitrogens with zero attached hydrogens (tertiary/aromatic N) is 2. The van der Waals surface area contributed by atoms with E-state index < -0.39 is 0 Å². The average Bonchev–Trinajstić information content (AvgIpc) is 2.28. The van der Waals surface area contributed by atoms with Gasteiger partial charge in [-0.2, -0.15) is 0 Å². The van der Waals surface area contributed by atoms with E-state index >= 15 is 0 Å². The first-order valence-electron chi connectivity index (χ1n) is 5.38. The number of hydrogen-bond donors (Lipinski definition) is 1. The molecule has 1 aromatic heterocycles. The van der Waals surface area contributed by atoms with Crippen LogP contribution in [-0.2, 0) is 0 Å². The van der Waals surface area contributed by atoms with Gasteiger partial charge in [0.1, 0.15) is 5.69 Å². The number of amides is 1. The van der Waals surface area contributed by atoms with Crippen LogP contribution in [0.25, 0.3) is 10.8 Å². The Hall–Kier alpha value is -2.10. The Labute approximate surface area is 100 Å². The van der Waals surface area contributed by atoms with Crippen LogP contribution in [0.3, 0.4) is 0 Å². The zero-order valence-corrected chi connectivity index (χ0v) is 10.2. The zero-order chi connectivity index (χ0) is 12.6. The molecule has 2 aromatic rings. The van der Waals surface area contributed by atoms with Crippen LogP contribution in [0.15, 0.2) is 24.4 Å². The monoisotopic (exact) mass is 229 g/mol. The van der Waals surface area contributed by atoms with Gasteiger partial charge in [-0.3, -0.25) is 9.78 Å². The minimum atomic E-state index is -0.111. The molecule has 0 saturated heterocycles. The molecule has 17 heavy (non-hydrogen) atoms. The van der Waals surface area contributed by atoms with Gasteiger partial charge >= 0.3 is 0 Å². The summed E-state index contributed by atoms with van der Waals surface area (Å²) in [6.45, 7) is 1.94. The summed E-state index contributed by atoms with van der Waals surface area (Å²) in [5.41, 5.74) is 8.05. The quantitative estimate of drug-likeness (QED) is 0.759. The molecule has 2 rings (SSSR count). The number of pyridine rings is 1. The van der Waals surface area contributed by atoms with Gasteiger partial charge in [0.15, 0.2) is 0 Å². The van der Waals surface area contributed by atoms with Gasteiger partial charge in [0, 0.05) is 36.8 Å². The summed E-state index contributed by atoms with van der Waals surface area (Å²) in [6, 6.07) is 5.55. The number of carbonyl (C=O) groups is 1. The number of aromatic nitrogens is 1. The number of rotatable bonds is 1. The molecule has 1 heterocycles. The lowest BCUT2D eigenvalue weighted by Gasteiger charge is -2.13. The molecule has 2 N–H and O–H groups in total. The smallest absolute Gasteiger partial charge is 0.272 e. The molecule has 0 saturated carbocycles. The van der Waals surface area contributed by atoms with Crippen LogP contribution >= 0.6 is 0 Å². The number of nitrogen functional groups attached to an aromatic ring is 1. The Morgan fingerprint density at radius 2 is 2.06 bits per heavy atom. The van der Waals surface area contributed by atoms with Gasteiger partial charge < -0.3 is 10.6 Å². The van der Waals surface area contributed by atoms with E-state index in [1.165, 1.54) is 4.90 Å². The van der Waals surface area contributed by atoms with E-state index in [0.717, 1.165) is 16.3 Å². The number of fused-ring (bicyclic) bond motifs is 1. The maximum Gasteiger partial charge on any atom is 0.272 e. The van der Waals surface area contributed by atoms with E-state index in [0.29, 0.717) is 11.4 Å². The highest BCUT2D eigenvalue weighted by Crippen LogP contribution is 2.26. The normalized spacial score (nSPS) is 10.5. The van der Waals surface area contributed by atoms with Crippen LogP contribution in [0.5, 0.6) is 0 Å². The highest BCUT2D eigenvalue weighted by Gasteiger charge is 2.15. The van der Waals surface area contributed by atoms with Gasteiger partial charge in [-0.25, -0.2) is 0 Å². The second-order valence-electron chi connectivity index (χ2n) is 4.26. The molecule has 0 aliphatic rings. The van der Waals surface area contributed by atoms with Crippen molar-refractivity contribution in [2.75, 3.05) is 19.8 Å². The Kier molecular flexibility index (Phi) is 2.71. The van der Waals surface area contributed by atoms with Crippen molar-refractivity contribution in [2.45, 2.75) is 6.92 Å². The van der Waals surface area contributed by atoms with Gasteiger partial charge in [0.05, 0.1) is 0 Å². The largest absolute Gasteiger partial charge is 0.398 e. The third-order valence-corrected chi connectivity index (χ3v) is 2.74. The maximum absolute atomic E-state index is 12.0. The highest BCUT2D eigenvalue weighted by atomic mass is 16.2. The average molecular weight is 229 g/mol. The third kappa shape index (κ3) is 1.82. The van der Waals surface area contributed by atoms with Crippen molar-refractivity contribution >= 4 is 22.4 Å². The number of nitrogens with two attached hydrogens (primary N) is 1. The van der Waals surface area contributed by atoms with Gasteiger partial charge in [-0.1, -0.05) is 12.1 Å². The molecular formula is C13H15N3O. The highest BCUT2D eigenvalue weighted by molar-refractivity contribution is 6.08. The Bertz CT molecular complexity index is 582. The lowest BCUT2D eigenvalue weighted by atomic mass is 10.0. The van der Waals surface area contributed by atoms with Gasteiger partial charge in [-0.15, -0.1) is 0 Å². The van der Waals surface area contributed by atoms with E-state index in [1.54, 1.807) is 20.3 Å². The van der Waals surface area contributed by atoms with Gasteiger partial charge in [0.2, 0.25) is 0 Å². The zero-order valence-electron chi connectivity index (χ0n) is 10.2. The van der Waals surface area contributed by atoms with Crippen LogP contribution in [0.1, 0.15) is 16.1 Å². The molecule has 4 nitrogen and oxygen atoms in total. The van der Waals surface area contributed by atoms with E-state index in [1.807, 2.05) is 25.1 Å². The predicted molar refractivity (Wildman–Crippen MR) is 68.9 cm³/mol. The summed E-state index contributed by atoms with van der Waals surface area (Å²) >= 11 is 0. The van der Waals surface area contributed by atoms with Crippen LogP contribution in [-0.4, -0.2) is 29.9 Å². The predicted octanol–water partition coefficient (Wildman–Crippen LogP) is 1.83. The first kappa shape index (κ1) is 11.4. The summed E-state index contributed by atoms with van der Waals surface area (Å²) in [6.07, 6.45) is 1.69. The van der Waals surface area contributed by atoms with Crippen molar-refractivity contribution in [3.05, 3.63) is 35.7 Å². The van der Waals surface area contributed by atoms with Gasteiger partial charge in [0.25, 0.3) is 5.91 Å². The van der Waals surface area contributed by atoms with Crippen LogP contribution in [0, 0.1) is 6.92 Å². The van der Waals surface area contributed by atoms with Crippen molar-refractivity contribution in [3.8, 4) is 0 Å². The molecule has 0 aliphatic heterocycles. The van der Waals surface area contributed by atoms with Crippen molar-refractivity contribution in [3.63, 3.8) is 0 Å². The number of benzene rings is 1. The molecule has 1 amide bonds. The molecule has 0 radical (unpaired) electrons. The summed E-state index contributed by atoms with van der Waals surface area (Å²) in [5.74, 6) is -0.111. The fraction of sp³-hybridized carbons (Fsp3) is 0.231. The first-order valence-corrected chi connectivity index (χ1v) is 5.38. The number of anilines is 1. The molecule has 0 bridgehead atoms. The minimum Gasteiger partial charge on any atom is -0.398 e. The number of carbonyl (C=O) groups excluding carboxylic acids is 1. The topological polar surface area (TPSA) is 59.2 Å². The molecule has 0 fully saturated rings. The lowest BCUT2D eigenvalue weighted by Crippen LogP contribution is -2.23. The van der Waals surface area contributed by atoms with E-state index in [9.17, 15) is 4.79 Å². The summed E-state index contributed by atoms with van der Waals surface area (Å²) in [7, 11) is 3.42. The Balaban J connectivity index is 2.80. The standard InChI is InChI=1S/C13H15N3O/c1-8-7-15-12(13(17)16(2)3)9-5-4-6-10(14)11(8)9/h4-7H,14H2,1-3H3. The van der Waals surface area contributed by atoms with Gasteiger partial charge in [-0.05, 0) is 18.6 Å². The lowest BCUT2D eigenvalue weighted by molar-refractivity contribution is 0.0824. The molecule has 0 spiro atoms.